The van der Waals surface area contributed by atoms with E-state index in [2.05, 4.69) is 30.5 Å². The Kier molecular flexibility index (Phi) is 5.64. The molecular weight excluding hydrogens is 290 g/mol. The zero-order chi connectivity index (χ0) is 17.0. The SMILES string of the molecule is Cc1cc(C)cc(N2CCC(NC(=O)NCCC(C)C)C2=O)c1. The van der Waals surface area contributed by atoms with E-state index >= 15 is 0 Å². The van der Waals surface area contributed by atoms with Gasteiger partial charge in [0.2, 0.25) is 5.91 Å². The van der Waals surface area contributed by atoms with Crippen LogP contribution in [0.4, 0.5) is 10.5 Å². The van der Waals surface area contributed by atoms with Gasteiger partial charge in [0.15, 0.2) is 0 Å². The number of aryl methyl sites for hydroxylation is 2. The van der Waals surface area contributed by atoms with Gasteiger partial charge in [0.1, 0.15) is 6.04 Å². The average Bonchev–Trinajstić information content (AvgIpc) is 2.78. The van der Waals surface area contributed by atoms with Crippen LogP contribution in [-0.2, 0) is 4.79 Å². The van der Waals surface area contributed by atoms with Gasteiger partial charge < -0.3 is 15.5 Å². The number of amides is 3. The standard InChI is InChI=1S/C18H27N3O2/c1-12(2)5-7-19-18(23)20-16-6-8-21(17(16)22)15-10-13(3)9-14(4)11-15/h9-12,16H,5-8H2,1-4H3,(H2,19,20,23). The minimum atomic E-state index is -0.435. The number of carbonyl (C=O) groups excluding carboxylic acids is 2. The number of carbonyl (C=O) groups is 2. The van der Waals surface area contributed by atoms with E-state index < -0.39 is 6.04 Å². The van der Waals surface area contributed by atoms with E-state index in [9.17, 15) is 9.59 Å². The second-order valence-corrected chi connectivity index (χ2v) is 6.76. The first-order valence-corrected chi connectivity index (χ1v) is 8.31. The maximum absolute atomic E-state index is 12.5. The van der Waals surface area contributed by atoms with Crippen molar-refractivity contribution in [3.8, 4) is 0 Å². The molecule has 126 valence electrons. The van der Waals surface area contributed by atoms with Crippen molar-refractivity contribution < 1.29 is 9.59 Å². The summed E-state index contributed by atoms with van der Waals surface area (Å²) in [5.41, 5.74) is 3.18. The van der Waals surface area contributed by atoms with Gasteiger partial charge in [-0.25, -0.2) is 4.79 Å². The van der Waals surface area contributed by atoms with E-state index in [1.165, 1.54) is 0 Å². The minimum Gasteiger partial charge on any atom is -0.338 e. The fourth-order valence-electron chi connectivity index (χ4n) is 2.86. The first kappa shape index (κ1) is 17.3. The van der Waals surface area contributed by atoms with Crippen LogP contribution in [0.3, 0.4) is 0 Å². The molecule has 5 heteroatoms. The molecule has 0 bridgehead atoms. The van der Waals surface area contributed by atoms with Crippen molar-refractivity contribution in [2.45, 2.75) is 46.6 Å². The molecule has 5 nitrogen and oxygen atoms in total. The van der Waals surface area contributed by atoms with Crippen molar-refractivity contribution in [2.24, 2.45) is 5.92 Å². The van der Waals surface area contributed by atoms with E-state index in [1.807, 2.05) is 26.0 Å². The van der Waals surface area contributed by atoms with Gasteiger partial charge in [-0.1, -0.05) is 19.9 Å². The van der Waals surface area contributed by atoms with Gasteiger partial charge in [-0.05, 0) is 55.9 Å². The molecule has 1 fully saturated rings. The Hall–Kier alpha value is -2.04. The molecule has 1 saturated heterocycles. The van der Waals surface area contributed by atoms with Gasteiger partial charge in [0.05, 0.1) is 0 Å². The van der Waals surface area contributed by atoms with Crippen LogP contribution in [0.15, 0.2) is 18.2 Å². The lowest BCUT2D eigenvalue weighted by molar-refractivity contribution is -0.118. The maximum atomic E-state index is 12.5. The number of anilines is 1. The van der Waals surface area contributed by atoms with Crippen LogP contribution in [0, 0.1) is 19.8 Å². The molecule has 23 heavy (non-hydrogen) atoms. The monoisotopic (exact) mass is 317 g/mol. The molecule has 0 saturated carbocycles. The summed E-state index contributed by atoms with van der Waals surface area (Å²) >= 11 is 0. The number of benzene rings is 1. The third-order valence-electron chi connectivity index (χ3n) is 4.04. The number of rotatable bonds is 5. The van der Waals surface area contributed by atoms with Crippen LogP contribution in [0.5, 0.6) is 0 Å². The second-order valence-electron chi connectivity index (χ2n) is 6.76. The second kappa shape index (κ2) is 7.49. The molecule has 0 aliphatic carbocycles. The van der Waals surface area contributed by atoms with Gasteiger partial charge in [-0.3, -0.25) is 4.79 Å². The number of hydrogen-bond acceptors (Lipinski definition) is 2. The summed E-state index contributed by atoms with van der Waals surface area (Å²) in [5.74, 6) is 0.512. The van der Waals surface area contributed by atoms with Gasteiger partial charge >= 0.3 is 6.03 Å². The molecule has 2 N–H and O–H groups in total. The predicted molar refractivity (Wildman–Crippen MR) is 92.7 cm³/mol. The highest BCUT2D eigenvalue weighted by atomic mass is 16.2. The molecule has 0 radical (unpaired) electrons. The molecule has 1 aliphatic rings. The smallest absolute Gasteiger partial charge is 0.315 e. The third kappa shape index (κ3) is 4.71. The largest absolute Gasteiger partial charge is 0.338 e. The quantitative estimate of drug-likeness (QED) is 0.877. The maximum Gasteiger partial charge on any atom is 0.315 e. The lowest BCUT2D eigenvalue weighted by Gasteiger charge is -2.18. The van der Waals surface area contributed by atoms with E-state index in [-0.39, 0.29) is 11.9 Å². The Labute approximate surface area is 138 Å². The molecule has 1 atom stereocenters. The molecule has 1 aromatic carbocycles. The lowest BCUT2D eigenvalue weighted by Crippen LogP contribution is -2.46. The molecule has 1 aliphatic heterocycles. The van der Waals surface area contributed by atoms with Crippen molar-refractivity contribution in [3.05, 3.63) is 29.3 Å². The summed E-state index contributed by atoms with van der Waals surface area (Å²) < 4.78 is 0. The molecule has 1 heterocycles. The van der Waals surface area contributed by atoms with Crippen LogP contribution in [-0.4, -0.2) is 31.1 Å². The van der Waals surface area contributed by atoms with E-state index in [1.54, 1.807) is 4.90 Å². The average molecular weight is 317 g/mol. The Morgan fingerprint density at radius 3 is 2.52 bits per heavy atom. The summed E-state index contributed by atoms with van der Waals surface area (Å²) in [6.45, 7) is 9.54. The van der Waals surface area contributed by atoms with Crippen molar-refractivity contribution in [2.75, 3.05) is 18.0 Å². The Bertz CT molecular complexity index is 563. The topological polar surface area (TPSA) is 61.4 Å². The normalized spacial score (nSPS) is 17.7. The number of nitrogens with zero attached hydrogens (tertiary/aromatic N) is 1. The van der Waals surface area contributed by atoms with Crippen LogP contribution in [0.25, 0.3) is 0 Å². The van der Waals surface area contributed by atoms with Crippen molar-refractivity contribution in [3.63, 3.8) is 0 Å². The summed E-state index contributed by atoms with van der Waals surface area (Å²) in [7, 11) is 0. The highest BCUT2D eigenvalue weighted by Gasteiger charge is 2.33. The van der Waals surface area contributed by atoms with E-state index in [0.717, 1.165) is 23.2 Å². The molecule has 2 rings (SSSR count). The van der Waals surface area contributed by atoms with Gasteiger partial charge in [0, 0.05) is 18.8 Å². The molecule has 0 spiro atoms. The molecule has 1 aromatic rings. The molecule has 3 amide bonds. The summed E-state index contributed by atoms with van der Waals surface area (Å²) in [6.07, 6.45) is 1.57. The van der Waals surface area contributed by atoms with Crippen molar-refractivity contribution in [1.82, 2.24) is 10.6 Å². The molecular formula is C18H27N3O2. The zero-order valence-electron chi connectivity index (χ0n) is 14.5. The predicted octanol–water partition coefficient (Wildman–Crippen LogP) is 2.75. The molecule has 1 unspecified atom stereocenters. The summed E-state index contributed by atoms with van der Waals surface area (Å²) in [5, 5.41) is 5.60. The van der Waals surface area contributed by atoms with Crippen LogP contribution in [0.1, 0.15) is 37.8 Å². The van der Waals surface area contributed by atoms with Crippen LogP contribution < -0.4 is 15.5 Å². The third-order valence-corrected chi connectivity index (χ3v) is 4.04. The van der Waals surface area contributed by atoms with Gasteiger partial charge in [-0.2, -0.15) is 0 Å². The van der Waals surface area contributed by atoms with E-state index in [0.29, 0.717) is 25.4 Å². The Balaban J connectivity index is 1.92. The summed E-state index contributed by atoms with van der Waals surface area (Å²) in [4.78, 5) is 26.2. The number of urea groups is 1. The molecule has 0 aromatic heterocycles. The van der Waals surface area contributed by atoms with Crippen molar-refractivity contribution >= 4 is 17.6 Å². The lowest BCUT2D eigenvalue weighted by atomic mass is 10.1. The van der Waals surface area contributed by atoms with Crippen molar-refractivity contribution in [1.29, 1.82) is 0 Å². The summed E-state index contributed by atoms with van der Waals surface area (Å²) in [6, 6.07) is 5.41. The van der Waals surface area contributed by atoms with Crippen LogP contribution >= 0.6 is 0 Å². The highest BCUT2D eigenvalue weighted by Crippen LogP contribution is 2.24. The number of hydrogen-bond donors (Lipinski definition) is 2. The van der Waals surface area contributed by atoms with Gasteiger partial charge in [-0.15, -0.1) is 0 Å². The number of nitrogens with one attached hydrogen (secondary N) is 2. The fourth-order valence-corrected chi connectivity index (χ4v) is 2.86. The Morgan fingerprint density at radius 1 is 1.26 bits per heavy atom. The van der Waals surface area contributed by atoms with E-state index in [4.69, 9.17) is 0 Å². The zero-order valence-corrected chi connectivity index (χ0v) is 14.5. The van der Waals surface area contributed by atoms with Crippen LogP contribution in [0.2, 0.25) is 0 Å². The Morgan fingerprint density at radius 2 is 1.91 bits per heavy atom. The minimum absolute atomic E-state index is 0.0333. The fraction of sp³-hybridized carbons (Fsp3) is 0.556. The first-order valence-electron chi connectivity index (χ1n) is 8.31. The highest BCUT2D eigenvalue weighted by molar-refractivity contribution is 6.01. The van der Waals surface area contributed by atoms with Gasteiger partial charge in [0.25, 0.3) is 0 Å². The first-order chi connectivity index (χ1) is 10.9.